The summed E-state index contributed by atoms with van der Waals surface area (Å²) in [5, 5.41) is 6.81. The van der Waals surface area contributed by atoms with Crippen LogP contribution in [0.5, 0.6) is 0 Å². The van der Waals surface area contributed by atoms with E-state index >= 15 is 0 Å². The van der Waals surface area contributed by atoms with Gasteiger partial charge < -0.3 is 14.8 Å². The van der Waals surface area contributed by atoms with Crippen molar-refractivity contribution in [1.29, 1.82) is 0 Å². The number of esters is 2. The molecule has 1 atom stereocenters. The van der Waals surface area contributed by atoms with Crippen LogP contribution in [0.4, 0.5) is 5.00 Å². The van der Waals surface area contributed by atoms with E-state index < -0.39 is 23.9 Å². The lowest BCUT2D eigenvalue weighted by atomic mass is 10.1. The second-order valence-corrected chi connectivity index (χ2v) is 7.77. The normalized spacial score (nSPS) is 11.5. The lowest BCUT2D eigenvalue weighted by Gasteiger charge is -2.17. The van der Waals surface area contributed by atoms with Crippen molar-refractivity contribution in [3.8, 4) is 10.4 Å². The Hall–Kier alpha value is -2.97. The summed E-state index contributed by atoms with van der Waals surface area (Å²) in [4.78, 5) is 38.0. The van der Waals surface area contributed by atoms with Gasteiger partial charge in [-0.15, -0.1) is 22.7 Å². The summed E-state index contributed by atoms with van der Waals surface area (Å²) in [7, 11) is 0. The molecule has 29 heavy (non-hydrogen) atoms. The minimum Gasteiger partial charge on any atom is -0.462 e. The molecule has 0 saturated carbocycles. The fourth-order valence-corrected chi connectivity index (χ4v) is 4.49. The van der Waals surface area contributed by atoms with Crippen molar-refractivity contribution in [3.63, 3.8) is 0 Å². The first-order valence-electron chi connectivity index (χ1n) is 8.86. The van der Waals surface area contributed by atoms with Crippen LogP contribution in [0.15, 0.2) is 53.2 Å². The number of hydrogen-bond donors (Lipinski definition) is 1. The summed E-state index contributed by atoms with van der Waals surface area (Å²) in [6.07, 6.45) is -1.13. The van der Waals surface area contributed by atoms with Crippen LogP contribution in [0.1, 0.15) is 35.9 Å². The topological polar surface area (TPSA) is 81.7 Å². The number of benzene rings is 1. The van der Waals surface area contributed by atoms with Crippen molar-refractivity contribution in [2.75, 3.05) is 11.9 Å². The fourth-order valence-electron chi connectivity index (χ4n) is 2.71. The number of carbonyl (C=O) groups excluding carboxylic acids is 3. The van der Waals surface area contributed by atoms with Gasteiger partial charge in [-0.05, 0) is 18.4 Å². The third kappa shape index (κ3) is 4.90. The van der Waals surface area contributed by atoms with Crippen molar-refractivity contribution in [1.82, 2.24) is 0 Å². The predicted molar refractivity (Wildman–Crippen MR) is 113 cm³/mol. The molecule has 2 aromatic heterocycles. The first kappa shape index (κ1) is 20.8. The van der Waals surface area contributed by atoms with E-state index in [9.17, 15) is 14.4 Å². The SMILES string of the molecule is CCOC(=O)c1c(-c2cccs2)csc1NC(=O)C(OC(C)=O)c1ccccc1. The van der Waals surface area contributed by atoms with Crippen molar-refractivity contribution in [2.45, 2.75) is 20.0 Å². The molecular formula is C21H19NO5S2. The van der Waals surface area contributed by atoms with Crippen LogP contribution < -0.4 is 5.32 Å². The second kappa shape index (κ2) is 9.49. The monoisotopic (exact) mass is 429 g/mol. The summed E-state index contributed by atoms with van der Waals surface area (Å²) < 4.78 is 10.4. The highest BCUT2D eigenvalue weighted by Crippen LogP contribution is 2.38. The molecule has 6 nitrogen and oxygen atoms in total. The van der Waals surface area contributed by atoms with Crippen LogP contribution in [0, 0.1) is 0 Å². The summed E-state index contributed by atoms with van der Waals surface area (Å²) in [6.45, 7) is 3.18. The molecule has 0 spiro atoms. The molecule has 0 aliphatic rings. The number of thiophene rings is 2. The van der Waals surface area contributed by atoms with Gasteiger partial charge in [0.15, 0.2) is 0 Å². The maximum Gasteiger partial charge on any atom is 0.341 e. The van der Waals surface area contributed by atoms with Gasteiger partial charge >= 0.3 is 11.9 Å². The minimum absolute atomic E-state index is 0.214. The second-order valence-electron chi connectivity index (χ2n) is 5.94. The van der Waals surface area contributed by atoms with Crippen LogP contribution in [0.25, 0.3) is 10.4 Å². The summed E-state index contributed by atoms with van der Waals surface area (Å²) in [5.41, 5.74) is 1.53. The van der Waals surface area contributed by atoms with E-state index in [-0.39, 0.29) is 6.61 Å². The molecule has 2 heterocycles. The van der Waals surface area contributed by atoms with Gasteiger partial charge in [-0.2, -0.15) is 0 Å². The van der Waals surface area contributed by atoms with Crippen LogP contribution >= 0.6 is 22.7 Å². The van der Waals surface area contributed by atoms with Gasteiger partial charge in [-0.25, -0.2) is 4.79 Å². The smallest absolute Gasteiger partial charge is 0.341 e. The van der Waals surface area contributed by atoms with Crippen LogP contribution in [-0.2, 0) is 19.1 Å². The van der Waals surface area contributed by atoms with Gasteiger partial charge in [0.1, 0.15) is 10.6 Å². The molecule has 0 saturated heterocycles. The van der Waals surface area contributed by atoms with Crippen molar-refractivity contribution >= 4 is 45.5 Å². The highest BCUT2D eigenvalue weighted by molar-refractivity contribution is 7.17. The van der Waals surface area contributed by atoms with E-state index in [1.807, 2.05) is 17.5 Å². The standard InChI is InChI=1S/C21H19NO5S2/c1-3-26-21(25)17-15(16-10-7-11-28-16)12-29-20(17)22-19(24)18(27-13(2)23)14-8-5-4-6-9-14/h4-12,18H,3H2,1-2H3,(H,22,24). The maximum atomic E-state index is 12.9. The van der Waals surface area contributed by atoms with Gasteiger partial charge in [0.25, 0.3) is 5.91 Å². The summed E-state index contributed by atoms with van der Waals surface area (Å²) in [6, 6.07) is 12.5. The van der Waals surface area contributed by atoms with E-state index in [1.54, 1.807) is 42.6 Å². The Morgan fingerprint density at radius 2 is 1.83 bits per heavy atom. The molecule has 1 unspecified atom stereocenters. The fraction of sp³-hybridized carbons (Fsp3) is 0.190. The van der Waals surface area contributed by atoms with Gasteiger partial charge in [-0.1, -0.05) is 36.4 Å². The number of carbonyl (C=O) groups is 3. The lowest BCUT2D eigenvalue weighted by molar-refractivity contribution is -0.152. The number of hydrogen-bond acceptors (Lipinski definition) is 7. The van der Waals surface area contributed by atoms with E-state index in [0.717, 1.165) is 4.88 Å². The Morgan fingerprint density at radius 1 is 1.07 bits per heavy atom. The summed E-state index contributed by atoms with van der Waals surface area (Å²) >= 11 is 2.71. The van der Waals surface area contributed by atoms with Gasteiger partial charge in [0, 0.05) is 28.3 Å². The Labute approximate surface area is 176 Å². The Balaban J connectivity index is 1.94. The number of amides is 1. The molecule has 150 valence electrons. The van der Waals surface area contributed by atoms with E-state index in [4.69, 9.17) is 9.47 Å². The highest BCUT2D eigenvalue weighted by Gasteiger charge is 2.28. The highest BCUT2D eigenvalue weighted by atomic mass is 32.1. The number of ether oxygens (including phenoxy) is 2. The van der Waals surface area contributed by atoms with E-state index in [0.29, 0.717) is 21.7 Å². The molecule has 1 amide bonds. The molecule has 0 aliphatic heterocycles. The molecule has 1 aromatic carbocycles. The molecule has 0 fully saturated rings. The minimum atomic E-state index is -1.13. The Morgan fingerprint density at radius 3 is 2.45 bits per heavy atom. The Bertz CT molecular complexity index is 996. The lowest BCUT2D eigenvalue weighted by Crippen LogP contribution is -2.25. The molecule has 0 aliphatic carbocycles. The van der Waals surface area contributed by atoms with Crippen LogP contribution in [0.2, 0.25) is 0 Å². The van der Waals surface area contributed by atoms with Crippen LogP contribution in [0.3, 0.4) is 0 Å². The van der Waals surface area contributed by atoms with E-state index in [2.05, 4.69) is 5.32 Å². The molecular weight excluding hydrogens is 410 g/mol. The number of nitrogens with one attached hydrogen (secondary N) is 1. The van der Waals surface area contributed by atoms with Crippen LogP contribution in [-0.4, -0.2) is 24.5 Å². The molecule has 0 bridgehead atoms. The maximum absolute atomic E-state index is 12.9. The molecule has 8 heteroatoms. The first-order valence-corrected chi connectivity index (χ1v) is 10.6. The average Bonchev–Trinajstić information content (AvgIpc) is 3.36. The largest absolute Gasteiger partial charge is 0.462 e. The molecule has 3 rings (SSSR count). The van der Waals surface area contributed by atoms with Crippen molar-refractivity contribution < 1.29 is 23.9 Å². The Kier molecular flexibility index (Phi) is 6.79. The quantitative estimate of drug-likeness (QED) is 0.541. The third-order valence-electron chi connectivity index (χ3n) is 3.92. The zero-order valence-electron chi connectivity index (χ0n) is 15.8. The molecule has 0 radical (unpaired) electrons. The van der Waals surface area contributed by atoms with Gasteiger partial charge in [-0.3, -0.25) is 9.59 Å². The number of anilines is 1. The zero-order valence-corrected chi connectivity index (χ0v) is 17.5. The molecule has 3 aromatic rings. The third-order valence-corrected chi connectivity index (χ3v) is 5.72. The first-order chi connectivity index (χ1) is 14.0. The van der Waals surface area contributed by atoms with E-state index in [1.165, 1.54) is 29.6 Å². The van der Waals surface area contributed by atoms with Crippen molar-refractivity contribution in [3.05, 3.63) is 64.4 Å². The molecule has 1 N–H and O–H groups in total. The summed E-state index contributed by atoms with van der Waals surface area (Å²) in [5.74, 6) is -1.64. The number of rotatable bonds is 7. The van der Waals surface area contributed by atoms with Gasteiger partial charge in [0.05, 0.1) is 6.61 Å². The van der Waals surface area contributed by atoms with Gasteiger partial charge in [0.2, 0.25) is 6.10 Å². The average molecular weight is 430 g/mol. The predicted octanol–water partition coefficient (Wildman–Crippen LogP) is 4.90. The van der Waals surface area contributed by atoms with Crippen molar-refractivity contribution in [2.24, 2.45) is 0 Å². The zero-order chi connectivity index (χ0) is 20.8.